The molecule has 0 saturated carbocycles. The molecule has 0 bridgehead atoms. The molecule has 0 radical (unpaired) electrons. The van der Waals surface area contributed by atoms with Crippen LogP contribution in [-0.2, 0) is 11.3 Å². The van der Waals surface area contributed by atoms with E-state index in [4.69, 9.17) is 11.5 Å². The van der Waals surface area contributed by atoms with Gasteiger partial charge in [0.15, 0.2) is 17.0 Å². The van der Waals surface area contributed by atoms with Gasteiger partial charge in [-0.1, -0.05) is 17.7 Å². The molecule has 4 aromatic rings. The summed E-state index contributed by atoms with van der Waals surface area (Å²) in [7, 11) is 0. The molecule has 11 nitrogen and oxygen atoms in total. The topological polar surface area (TPSA) is 174 Å². The number of nitrogen functional groups attached to an aromatic ring is 2. The summed E-state index contributed by atoms with van der Waals surface area (Å²) in [5.74, 6) is -0.0856. The Bertz CT molecular complexity index is 1380. The smallest absolute Gasteiger partial charge is 0.251 e. The van der Waals surface area contributed by atoms with Gasteiger partial charge in [0.1, 0.15) is 6.29 Å². The van der Waals surface area contributed by atoms with Crippen molar-refractivity contribution in [2.45, 2.75) is 32.4 Å². The molecule has 0 spiro atoms. The van der Waals surface area contributed by atoms with E-state index in [1.165, 1.54) is 5.56 Å². The molecule has 11 heteroatoms. The third-order valence-electron chi connectivity index (χ3n) is 5.68. The number of rotatable bonds is 11. The number of carbonyl (C=O) groups excluding carboxylic acids is 2. The van der Waals surface area contributed by atoms with Crippen molar-refractivity contribution >= 4 is 46.5 Å². The van der Waals surface area contributed by atoms with Gasteiger partial charge in [0.05, 0.1) is 24.5 Å². The molecule has 0 aliphatic carbocycles. The van der Waals surface area contributed by atoms with Crippen LogP contribution in [0.1, 0.15) is 34.5 Å². The highest BCUT2D eigenvalue weighted by Crippen LogP contribution is 2.16. The maximum Gasteiger partial charge on any atom is 0.251 e. The van der Waals surface area contributed by atoms with E-state index < -0.39 is 6.04 Å². The van der Waals surface area contributed by atoms with E-state index in [9.17, 15) is 9.59 Å². The van der Waals surface area contributed by atoms with Gasteiger partial charge < -0.3 is 32.2 Å². The van der Waals surface area contributed by atoms with E-state index in [0.29, 0.717) is 41.9 Å². The van der Waals surface area contributed by atoms with E-state index >= 15 is 0 Å². The third-order valence-corrected chi connectivity index (χ3v) is 5.68. The number of aldehydes is 1. The van der Waals surface area contributed by atoms with E-state index in [2.05, 4.69) is 35.9 Å². The van der Waals surface area contributed by atoms with Gasteiger partial charge in [-0.15, -0.1) is 0 Å². The fraction of sp³-hybridized carbons (Fsp3) is 0.231. The number of anilines is 4. The third kappa shape index (κ3) is 6.88. The highest BCUT2D eigenvalue weighted by molar-refractivity contribution is 5.96. The number of benzene rings is 2. The first-order valence-corrected chi connectivity index (χ1v) is 11.9. The van der Waals surface area contributed by atoms with E-state index in [-0.39, 0.29) is 17.7 Å². The zero-order valence-electron chi connectivity index (χ0n) is 20.4. The van der Waals surface area contributed by atoms with Gasteiger partial charge in [-0.05, 0) is 56.2 Å². The van der Waals surface area contributed by atoms with Crippen molar-refractivity contribution in [3.63, 3.8) is 0 Å². The zero-order chi connectivity index (χ0) is 26.2. The van der Waals surface area contributed by atoms with Crippen LogP contribution >= 0.6 is 0 Å². The Morgan fingerprint density at radius 1 is 0.973 bits per heavy atom. The van der Waals surface area contributed by atoms with Gasteiger partial charge >= 0.3 is 0 Å². The van der Waals surface area contributed by atoms with E-state index in [1.807, 2.05) is 31.2 Å². The van der Waals surface area contributed by atoms with Crippen molar-refractivity contribution in [2.24, 2.45) is 0 Å². The largest absolute Gasteiger partial charge is 0.385 e. The Balaban J connectivity index is 1.25. The summed E-state index contributed by atoms with van der Waals surface area (Å²) in [6, 6.07) is 14.5. The molecule has 7 N–H and O–H groups in total. The molecule has 2 heterocycles. The molecule has 0 aliphatic heterocycles. The number of hydrogen-bond acceptors (Lipinski definition) is 10. The van der Waals surface area contributed by atoms with Crippen molar-refractivity contribution in [3.8, 4) is 0 Å². The minimum atomic E-state index is -0.552. The second-order valence-corrected chi connectivity index (χ2v) is 8.58. The number of amides is 1. The lowest BCUT2D eigenvalue weighted by Gasteiger charge is -2.14. The average molecular weight is 500 g/mol. The van der Waals surface area contributed by atoms with Crippen LogP contribution in [0.4, 0.5) is 23.1 Å². The quantitative estimate of drug-likeness (QED) is 0.152. The first-order valence-electron chi connectivity index (χ1n) is 11.9. The van der Waals surface area contributed by atoms with Crippen LogP contribution in [-0.4, -0.2) is 44.7 Å². The zero-order valence-corrected chi connectivity index (χ0v) is 20.4. The molecule has 1 unspecified atom stereocenters. The summed E-state index contributed by atoms with van der Waals surface area (Å²) < 4.78 is 0. The van der Waals surface area contributed by atoms with E-state index in [1.54, 1.807) is 30.5 Å². The lowest BCUT2D eigenvalue weighted by Crippen LogP contribution is -2.36. The van der Waals surface area contributed by atoms with Gasteiger partial charge in [-0.2, -0.15) is 9.97 Å². The number of aromatic nitrogens is 4. The predicted molar refractivity (Wildman–Crippen MR) is 144 cm³/mol. The maximum absolute atomic E-state index is 12.6. The second-order valence-electron chi connectivity index (χ2n) is 8.58. The monoisotopic (exact) mass is 499 g/mol. The minimum absolute atomic E-state index is 0.0453. The van der Waals surface area contributed by atoms with Crippen LogP contribution in [0.15, 0.2) is 54.7 Å². The van der Waals surface area contributed by atoms with Crippen LogP contribution in [0.25, 0.3) is 11.2 Å². The molecule has 37 heavy (non-hydrogen) atoms. The minimum Gasteiger partial charge on any atom is -0.385 e. The van der Waals surface area contributed by atoms with E-state index in [0.717, 1.165) is 24.1 Å². The van der Waals surface area contributed by atoms with Crippen LogP contribution in [0.5, 0.6) is 0 Å². The Morgan fingerprint density at radius 2 is 1.68 bits per heavy atom. The number of nitrogens with one attached hydrogen (secondary N) is 3. The Hall–Kier alpha value is -4.80. The van der Waals surface area contributed by atoms with Gasteiger partial charge in [-0.25, -0.2) is 9.97 Å². The number of nitrogens with zero attached hydrogens (tertiary/aromatic N) is 4. The summed E-state index contributed by atoms with van der Waals surface area (Å²) in [5, 5.41) is 9.33. The van der Waals surface area contributed by atoms with Crippen LogP contribution in [0.3, 0.4) is 0 Å². The summed E-state index contributed by atoms with van der Waals surface area (Å²) in [6.45, 7) is 3.12. The Kier molecular flexibility index (Phi) is 8.04. The molecule has 2 aromatic heterocycles. The summed E-state index contributed by atoms with van der Waals surface area (Å²) in [6.07, 6.45) is 3.64. The fourth-order valence-corrected chi connectivity index (χ4v) is 3.65. The normalized spacial score (nSPS) is 11.6. The van der Waals surface area contributed by atoms with Gasteiger partial charge in [0.2, 0.25) is 5.95 Å². The molecule has 0 saturated heterocycles. The molecular weight excluding hydrogens is 470 g/mol. The standard InChI is InChI=1S/C26H29N9O2/c1-16-4-8-18(9-5-16)29-12-2-3-20(15-36)33-25(37)17-6-10-19(11-7-17)30-13-21-14-31-24-22(32-21)23(27)34-26(28)35-24/h4-11,14-15,20,29-30H,2-3,12-13H2,1H3,(H,33,37)(H4,27,28,31,34,35). The molecule has 1 atom stereocenters. The number of hydrogen-bond donors (Lipinski definition) is 5. The van der Waals surface area contributed by atoms with Crippen molar-refractivity contribution in [1.29, 1.82) is 0 Å². The lowest BCUT2D eigenvalue weighted by molar-refractivity contribution is -0.109. The van der Waals surface area contributed by atoms with Crippen molar-refractivity contribution < 1.29 is 9.59 Å². The highest BCUT2D eigenvalue weighted by Gasteiger charge is 2.13. The van der Waals surface area contributed by atoms with Crippen molar-refractivity contribution in [3.05, 3.63) is 71.5 Å². The molecule has 190 valence electrons. The molecular formula is C26H29N9O2. The maximum atomic E-state index is 12.6. The summed E-state index contributed by atoms with van der Waals surface area (Å²) in [5.41, 5.74) is 16.3. The number of carbonyl (C=O) groups is 2. The number of aryl methyl sites for hydroxylation is 1. The van der Waals surface area contributed by atoms with Crippen LogP contribution in [0, 0.1) is 6.92 Å². The number of fused-ring (bicyclic) bond motifs is 1. The van der Waals surface area contributed by atoms with Gasteiger partial charge in [0, 0.05) is 23.5 Å². The Labute approximate surface area is 214 Å². The second kappa shape index (κ2) is 11.8. The summed E-state index contributed by atoms with van der Waals surface area (Å²) in [4.78, 5) is 40.7. The highest BCUT2D eigenvalue weighted by atomic mass is 16.2. The molecule has 2 aromatic carbocycles. The van der Waals surface area contributed by atoms with Gasteiger partial charge in [-0.3, -0.25) is 4.79 Å². The average Bonchev–Trinajstić information content (AvgIpc) is 2.90. The fourth-order valence-electron chi connectivity index (χ4n) is 3.65. The molecule has 4 rings (SSSR count). The SMILES string of the molecule is Cc1ccc(NCCCC(C=O)NC(=O)c2ccc(NCc3cnc4nc(N)nc(N)c4n3)cc2)cc1. The summed E-state index contributed by atoms with van der Waals surface area (Å²) >= 11 is 0. The molecule has 0 aliphatic rings. The Morgan fingerprint density at radius 3 is 2.41 bits per heavy atom. The first-order chi connectivity index (χ1) is 17.9. The lowest BCUT2D eigenvalue weighted by atomic mass is 10.1. The van der Waals surface area contributed by atoms with Crippen molar-refractivity contribution in [1.82, 2.24) is 25.3 Å². The first kappa shape index (κ1) is 25.3. The molecule has 1 amide bonds. The number of nitrogens with two attached hydrogens (primary N) is 2. The van der Waals surface area contributed by atoms with Crippen LogP contribution < -0.4 is 27.4 Å². The molecule has 0 fully saturated rings. The van der Waals surface area contributed by atoms with Gasteiger partial charge in [0.25, 0.3) is 5.91 Å². The predicted octanol–water partition coefficient (Wildman–Crippen LogP) is 2.69. The van der Waals surface area contributed by atoms with Crippen LogP contribution in [0.2, 0.25) is 0 Å². The van der Waals surface area contributed by atoms with Crippen molar-refractivity contribution in [2.75, 3.05) is 28.6 Å².